The van der Waals surface area contributed by atoms with Crippen LogP contribution in [0.4, 0.5) is 0 Å². The van der Waals surface area contributed by atoms with Crippen molar-refractivity contribution >= 4 is 77.2 Å². The van der Waals surface area contributed by atoms with Crippen molar-refractivity contribution in [2.75, 3.05) is 59.2 Å². The van der Waals surface area contributed by atoms with E-state index in [9.17, 15) is 62.3 Å². The van der Waals surface area contributed by atoms with Crippen molar-refractivity contribution in [3.8, 4) is 0 Å². The van der Waals surface area contributed by atoms with E-state index in [1.54, 1.807) is 0 Å². The Kier molecular flexibility index (Phi) is 33.6. The fourth-order valence-electron chi connectivity index (χ4n) is 8.66. The van der Waals surface area contributed by atoms with Crippen molar-refractivity contribution in [3.63, 3.8) is 0 Å². The minimum atomic E-state index is -1.35. The highest BCUT2D eigenvalue weighted by molar-refractivity contribution is 5.79. The highest BCUT2D eigenvalue weighted by atomic mass is 16.7. The van der Waals surface area contributed by atoms with Crippen molar-refractivity contribution < 1.29 is 110 Å². The van der Waals surface area contributed by atoms with Crippen molar-refractivity contribution in [2.45, 2.75) is 200 Å². The van der Waals surface area contributed by atoms with Crippen LogP contribution in [0, 0.1) is 0 Å². The molecule has 2 fully saturated rings. The van der Waals surface area contributed by atoms with Gasteiger partial charge in [0.2, 0.25) is 41.4 Å². The van der Waals surface area contributed by atoms with Crippen LogP contribution in [0.5, 0.6) is 0 Å². The number of nitrogens with one attached hydrogen (secondary N) is 7. The molecule has 0 bridgehead atoms. The minimum absolute atomic E-state index is 0.0287. The summed E-state index contributed by atoms with van der Waals surface area (Å²) in [5.41, 5.74) is 5.68. The van der Waals surface area contributed by atoms with Gasteiger partial charge in [0.25, 0.3) is 0 Å². The minimum Gasteiger partial charge on any atom is -0.463 e. The summed E-state index contributed by atoms with van der Waals surface area (Å²) in [5, 5.41) is 18.9. The van der Waals surface area contributed by atoms with Gasteiger partial charge in [0.05, 0.1) is 26.1 Å². The average molecular weight is 1200 g/mol. The summed E-state index contributed by atoms with van der Waals surface area (Å²) in [6.45, 7) is 10.8. The first kappa shape index (κ1) is 73.0. The largest absolute Gasteiger partial charge is 0.463 e. The molecule has 7 amide bonds. The first-order chi connectivity index (χ1) is 39.6. The van der Waals surface area contributed by atoms with Gasteiger partial charge in [0.15, 0.2) is 37.0 Å². The highest BCUT2D eigenvalue weighted by Crippen LogP contribution is 2.30. The molecular weight excluding hydrogens is 1120 g/mol. The molecular formula is C53H86N8O23. The van der Waals surface area contributed by atoms with E-state index < -0.39 is 139 Å². The van der Waals surface area contributed by atoms with Crippen LogP contribution in [-0.4, -0.2) is 203 Å². The molecule has 0 saturated carbocycles. The van der Waals surface area contributed by atoms with Crippen molar-refractivity contribution in [2.24, 2.45) is 5.73 Å². The molecule has 6 unspecified atom stereocenters. The summed E-state index contributed by atoms with van der Waals surface area (Å²) >= 11 is 0. The van der Waals surface area contributed by atoms with Gasteiger partial charge in [-0.25, -0.2) is 0 Å². The molecule has 0 aliphatic carbocycles. The number of hydrogen-bond acceptors (Lipinski definition) is 24. The Labute approximate surface area is 487 Å². The number of nitrogens with two attached hydrogens (primary N) is 1. The predicted molar refractivity (Wildman–Crippen MR) is 288 cm³/mol. The maximum atomic E-state index is 13.0. The summed E-state index contributed by atoms with van der Waals surface area (Å²) in [7, 11) is 0. The zero-order chi connectivity index (χ0) is 62.9. The normalized spacial score (nSPS) is 22.4. The zero-order valence-electron chi connectivity index (χ0n) is 49.4. The predicted octanol–water partition coefficient (Wildman–Crippen LogP) is -2.08. The van der Waals surface area contributed by atoms with Crippen LogP contribution in [0.25, 0.3) is 0 Å². The van der Waals surface area contributed by atoms with Gasteiger partial charge in [-0.1, -0.05) is 6.92 Å². The first-order valence-electron chi connectivity index (χ1n) is 27.8. The Morgan fingerprint density at radius 2 is 0.714 bits per heavy atom. The van der Waals surface area contributed by atoms with E-state index >= 15 is 0 Å². The number of ether oxygens (including phenoxy) is 10. The summed E-state index contributed by atoms with van der Waals surface area (Å²) < 4.78 is 55.3. The fraction of sp³-hybridized carbons (Fsp3) is 0.755. The Balaban J connectivity index is 1.87. The molecule has 0 aromatic carbocycles. The van der Waals surface area contributed by atoms with Crippen LogP contribution in [-0.2, 0) is 110 Å². The molecule has 31 nitrogen and oxygen atoms in total. The lowest BCUT2D eigenvalue weighted by Crippen LogP contribution is -2.66. The Hall–Kier alpha value is -7.09. The number of carbonyl (C=O) groups is 13. The molecule has 0 spiro atoms. The van der Waals surface area contributed by atoms with Crippen LogP contribution in [0.2, 0.25) is 0 Å². The second kappa shape index (κ2) is 38.7. The molecule has 2 heterocycles. The van der Waals surface area contributed by atoms with E-state index in [1.807, 2.05) is 6.92 Å². The van der Waals surface area contributed by atoms with Gasteiger partial charge in [-0.15, -0.1) is 0 Å². The van der Waals surface area contributed by atoms with E-state index in [2.05, 4.69) is 37.2 Å². The maximum Gasteiger partial charge on any atom is 0.303 e. The Bertz CT molecular complexity index is 2100. The first-order valence-corrected chi connectivity index (χ1v) is 27.8. The van der Waals surface area contributed by atoms with Crippen LogP contribution in [0.15, 0.2) is 0 Å². The molecule has 9 N–H and O–H groups in total. The second-order valence-electron chi connectivity index (χ2n) is 20.0. The van der Waals surface area contributed by atoms with Gasteiger partial charge in [-0.2, -0.15) is 0 Å². The lowest BCUT2D eigenvalue weighted by atomic mass is 9.84. The summed E-state index contributed by atoms with van der Waals surface area (Å²) in [6, 6.07) is -2.42. The third-order valence-electron chi connectivity index (χ3n) is 12.5. The summed E-state index contributed by atoms with van der Waals surface area (Å²) in [6.07, 6.45) is -8.92. The van der Waals surface area contributed by atoms with Crippen molar-refractivity contribution in [3.05, 3.63) is 0 Å². The molecule has 31 heteroatoms. The summed E-state index contributed by atoms with van der Waals surface area (Å²) in [5.74, 6) is -7.41. The molecule has 2 saturated heterocycles. The van der Waals surface area contributed by atoms with Crippen LogP contribution in [0.3, 0.4) is 0 Å². The van der Waals surface area contributed by atoms with Crippen LogP contribution < -0.4 is 43.0 Å². The van der Waals surface area contributed by atoms with Gasteiger partial charge in [0, 0.05) is 113 Å². The molecule has 84 heavy (non-hydrogen) atoms. The number of amides is 7. The van der Waals surface area contributed by atoms with E-state index in [-0.39, 0.29) is 108 Å². The molecule has 2 rings (SSSR count). The van der Waals surface area contributed by atoms with Gasteiger partial charge < -0.3 is 90.3 Å². The molecule has 10 atom stereocenters. The topological polar surface area (TPSA) is 424 Å². The maximum absolute atomic E-state index is 13.0. The monoisotopic (exact) mass is 1200 g/mol. The number of carbonyl (C=O) groups excluding carboxylic acids is 13. The smallest absolute Gasteiger partial charge is 0.303 e. The standard InChI is InChI=1S/C53H86N8O23/c1-10-21-55-40(70)13-18-53(54,19-14-41(71)56-22-11-24-58-43(73)16-26-75-51-45(60-30(2)62)49(81-36(8)68)47(79-34(6)66)38(83-51)28-77-32(4)64)20-15-42(72)57-23-12-25-59-44(74)17-27-76-52-46(61-31(3)63)50(82-37(9)69)48(80-35(7)67)39(84-52)29-78-33(5)65/h38-39,45-52H,10-29,54H2,1-9H3,(H,55,70)(H,56,71)(H,57,72)(H,58,73)(H,59,74)(H,60,62)(H,61,63)/t38?,39?,45?,46?,47-,48-,49?,50?,51+,52+,53?/m0/s1. The molecule has 476 valence electrons. The lowest BCUT2D eigenvalue weighted by Gasteiger charge is -2.44. The number of rotatable bonds is 37. The van der Waals surface area contributed by atoms with Crippen molar-refractivity contribution in [1.29, 1.82) is 0 Å². The van der Waals surface area contributed by atoms with E-state index in [1.165, 1.54) is 13.8 Å². The van der Waals surface area contributed by atoms with E-state index in [0.29, 0.717) is 19.4 Å². The molecule has 2 aliphatic heterocycles. The van der Waals surface area contributed by atoms with E-state index in [0.717, 1.165) is 48.0 Å². The third kappa shape index (κ3) is 29.9. The van der Waals surface area contributed by atoms with E-state index in [4.69, 9.17) is 53.1 Å². The highest BCUT2D eigenvalue weighted by Gasteiger charge is 2.53. The molecule has 2 aliphatic rings. The lowest BCUT2D eigenvalue weighted by molar-refractivity contribution is -0.277. The Morgan fingerprint density at radius 3 is 1.00 bits per heavy atom. The number of esters is 6. The van der Waals surface area contributed by atoms with Gasteiger partial charge >= 0.3 is 35.8 Å². The average Bonchev–Trinajstić information content (AvgIpc) is 2.82. The molecule has 0 aromatic rings. The van der Waals surface area contributed by atoms with Gasteiger partial charge in [0.1, 0.15) is 37.5 Å². The van der Waals surface area contributed by atoms with Gasteiger partial charge in [-0.3, -0.25) is 62.3 Å². The zero-order valence-corrected chi connectivity index (χ0v) is 49.4. The molecule has 0 aromatic heterocycles. The van der Waals surface area contributed by atoms with Crippen molar-refractivity contribution in [1.82, 2.24) is 37.2 Å². The van der Waals surface area contributed by atoms with Gasteiger partial charge in [-0.05, 0) is 38.5 Å². The second-order valence-corrected chi connectivity index (χ2v) is 20.0. The third-order valence-corrected chi connectivity index (χ3v) is 12.5. The van der Waals surface area contributed by atoms with Crippen LogP contribution in [0.1, 0.15) is 133 Å². The molecule has 0 radical (unpaired) electrons. The fourth-order valence-corrected chi connectivity index (χ4v) is 8.66. The Morgan fingerprint density at radius 1 is 0.417 bits per heavy atom. The number of hydrogen-bond donors (Lipinski definition) is 8. The summed E-state index contributed by atoms with van der Waals surface area (Å²) in [4.78, 5) is 160. The quantitative estimate of drug-likeness (QED) is 0.0188. The van der Waals surface area contributed by atoms with Crippen LogP contribution >= 0.6 is 0 Å². The SMILES string of the molecule is CCCNC(=O)CCC(N)(CCC(=O)NCCCNC(=O)CCO[C@@H]1OC(COC(C)=O)[C@H](OC(C)=O)C(OC(C)=O)C1NC(C)=O)CCC(=O)NCCCNC(=O)CCO[C@@H]1OC(COC(C)=O)[C@H](OC(C)=O)C(OC(C)=O)C1NC(C)=O.